The third kappa shape index (κ3) is 3.85. The van der Waals surface area contributed by atoms with Crippen LogP contribution in [0, 0.1) is 0 Å². The number of fused-ring (bicyclic) bond motifs is 1. The van der Waals surface area contributed by atoms with Crippen LogP contribution in [0.15, 0.2) is 77.7 Å². The Kier molecular flexibility index (Phi) is 5.04. The molecule has 7 nitrogen and oxygen atoms in total. The van der Waals surface area contributed by atoms with Crippen LogP contribution >= 0.6 is 0 Å². The molecule has 3 aromatic carbocycles. The zero-order valence-electron chi connectivity index (χ0n) is 15.3. The van der Waals surface area contributed by atoms with E-state index in [0.717, 1.165) is 10.3 Å². The second-order valence-electron chi connectivity index (χ2n) is 6.62. The SMILES string of the molecule is O=C1COC(=O)N1CC(NS(=O)(=O)c1cccc2ccccc12)c1ccccc1. The molecule has 1 unspecified atom stereocenters. The van der Waals surface area contributed by atoms with E-state index in [4.69, 9.17) is 4.74 Å². The molecule has 0 spiro atoms. The number of hydrogen-bond acceptors (Lipinski definition) is 5. The van der Waals surface area contributed by atoms with Gasteiger partial charge in [0.1, 0.15) is 0 Å². The van der Waals surface area contributed by atoms with Gasteiger partial charge in [-0.25, -0.2) is 22.8 Å². The summed E-state index contributed by atoms with van der Waals surface area (Å²) >= 11 is 0. The van der Waals surface area contributed by atoms with Crippen molar-refractivity contribution in [2.45, 2.75) is 10.9 Å². The molecule has 1 fully saturated rings. The van der Waals surface area contributed by atoms with Gasteiger partial charge < -0.3 is 4.74 Å². The summed E-state index contributed by atoms with van der Waals surface area (Å²) in [6.45, 7) is -0.498. The smallest absolute Gasteiger partial charge is 0.417 e. The molecule has 4 rings (SSSR count). The summed E-state index contributed by atoms with van der Waals surface area (Å²) in [4.78, 5) is 24.9. The second-order valence-corrected chi connectivity index (χ2v) is 8.30. The number of benzene rings is 3. The van der Waals surface area contributed by atoms with E-state index in [1.54, 1.807) is 48.5 Å². The lowest BCUT2D eigenvalue weighted by molar-refractivity contribution is -0.126. The fourth-order valence-corrected chi connectivity index (χ4v) is 4.76. The van der Waals surface area contributed by atoms with Crippen molar-refractivity contribution in [1.29, 1.82) is 0 Å². The Balaban J connectivity index is 1.71. The Morgan fingerprint density at radius 3 is 2.34 bits per heavy atom. The van der Waals surface area contributed by atoms with Crippen molar-refractivity contribution >= 4 is 32.8 Å². The first-order chi connectivity index (χ1) is 14.0. The molecule has 1 N–H and O–H groups in total. The van der Waals surface area contributed by atoms with Crippen LogP contribution in [0.4, 0.5) is 4.79 Å². The lowest BCUT2D eigenvalue weighted by Gasteiger charge is -2.23. The van der Waals surface area contributed by atoms with Gasteiger partial charge in [0.25, 0.3) is 5.91 Å². The number of rotatable bonds is 6. The van der Waals surface area contributed by atoms with Crippen LogP contribution in [0.2, 0.25) is 0 Å². The molecule has 0 aliphatic carbocycles. The van der Waals surface area contributed by atoms with Crippen molar-refractivity contribution < 1.29 is 22.7 Å². The van der Waals surface area contributed by atoms with Crippen LogP contribution in [0.5, 0.6) is 0 Å². The molecule has 0 aromatic heterocycles. The number of imide groups is 1. The van der Waals surface area contributed by atoms with Gasteiger partial charge in [-0.15, -0.1) is 0 Å². The third-order valence-electron chi connectivity index (χ3n) is 4.74. The van der Waals surface area contributed by atoms with Crippen LogP contribution < -0.4 is 4.72 Å². The van der Waals surface area contributed by atoms with E-state index in [9.17, 15) is 18.0 Å². The van der Waals surface area contributed by atoms with Crippen LogP contribution in [0.1, 0.15) is 11.6 Å². The molecule has 0 bridgehead atoms. The monoisotopic (exact) mass is 410 g/mol. The summed E-state index contributed by atoms with van der Waals surface area (Å²) < 4.78 is 33.9. The fraction of sp³-hybridized carbons (Fsp3) is 0.143. The predicted octanol–water partition coefficient (Wildman–Crippen LogP) is 2.84. The van der Waals surface area contributed by atoms with E-state index in [1.165, 1.54) is 6.07 Å². The van der Waals surface area contributed by atoms with Gasteiger partial charge in [0.2, 0.25) is 10.0 Å². The molecule has 1 heterocycles. The van der Waals surface area contributed by atoms with Crippen LogP contribution in [-0.2, 0) is 19.6 Å². The van der Waals surface area contributed by atoms with Gasteiger partial charge in [-0.2, -0.15) is 0 Å². The van der Waals surface area contributed by atoms with Crippen LogP contribution in [0.3, 0.4) is 0 Å². The number of ether oxygens (including phenoxy) is 1. The molecule has 2 amide bonds. The molecule has 0 radical (unpaired) electrons. The second kappa shape index (κ2) is 7.65. The van der Waals surface area contributed by atoms with Crippen molar-refractivity contribution in [2.24, 2.45) is 0 Å². The van der Waals surface area contributed by atoms with Crippen molar-refractivity contribution in [1.82, 2.24) is 9.62 Å². The Labute approximate surface area is 167 Å². The quantitative estimate of drug-likeness (QED) is 0.675. The van der Waals surface area contributed by atoms with Crippen LogP contribution in [-0.4, -0.2) is 38.5 Å². The van der Waals surface area contributed by atoms with Crippen molar-refractivity contribution in [2.75, 3.05) is 13.2 Å². The van der Waals surface area contributed by atoms with E-state index in [0.29, 0.717) is 10.9 Å². The number of carbonyl (C=O) groups excluding carboxylic acids is 2. The Hall–Kier alpha value is -3.23. The largest absolute Gasteiger partial charge is 0.439 e. The van der Waals surface area contributed by atoms with Gasteiger partial charge in [0.15, 0.2) is 6.61 Å². The molecule has 1 aliphatic heterocycles. The highest BCUT2D eigenvalue weighted by atomic mass is 32.2. The maximum Gasteiger partial charge on any atom is 0.417 e. The van der Waals surface area contributed by atoms with Crippen LogP contribution in [0.25, 0.3) is 10.8 Å². The van der Waals surface area contributed by atoms with Gasteiger partial charge in [-0.05, 0) is 17.0 Å². The maximum absolute atomic E-state index is 13.2. The van der Waals surface area contributed by atoms with E-state index >= 15 is 0 Å². The Morgan fingerprint density at radius 2 is 1.62 bits per heavy atom. The van der Waals surface area contributed by atoms with Gasteiger partial charge in [-0.3, -0.25) is 4.79 Å². The lowest BCUT2D eigenvalue weighted by atomic mass is 10.1. The molecule has 1 saturated heterocycles. The summed E-state index contributed by atoms with van der Waals surface area (Å²) in [5.41, 5.74) is 0.629. The summed E-state index contributed by atoms with van der Waals surface area (Å²) in [5.74, 6) is -0.500. The first-order valence-electron chi connectivity index (χ1n) is 8.98. The van der Waals surface area contributed by atoms with E-state index < -0.39 is 28.1 Å². The molecule has 3 aromatic rings. The summed E-state index contributed by atoms with van der Waals surface area (Å²) in [6.07, 6.45) is -0.778. The standard InChI is InChI=1S/C21H18N2O5S/c24-20-14-28-21(25)23(20)13-18(16-8-2-1-3-9-16)22-29(26,27)19-12-6-10-15-7-4-5-11-17(15)19/h1-12,18,22H,13-14H2. The van der Waals surface area contributed by atoms with Gasteiger partial charge in [-0.1, -0.05) is 66.7 Å². The highest BCUT2D eigenvalue weighted by Crippen LogP contribution is 2.25. The van der Waals surface area contributed by atoms with Gasteiger partial charge >= 0.3 is 6.09 Å². The summed E-state index contributed by atoms with van der Waals surface area (Å²) in [6, 6.07) is 20.2. The third-order valence-corrected chi connectivity index (χ3v) is 6.27. The molecule has 0 saturated carbocycles. The Morgan fingerprint density at radius 1 is 0.931 bits per heavy atom. The number of cyclic esters (lactones) is 1. The molecular weight excluding hydrogens is 392 g/mol. The number of carbonyl (C=O) groups is 2. The molecular formula is C21H18N2O5S. The molecule has 29 heavy (non-hydrogen) atoms. The average Bonchev–Trinajstić information content (AvgIpc) is 3.05. The summed E-state index contributed by atoms with van der Waals surface area (Å²) in [7, 11) is -3.95. The minimum absolute atomic E-state index is 0.131. The lowest BCUT2D eigenvalue weighted by Crippen LogP contribution is -2.40. The van der Waals surface area contributed by atoms with E-state index in [1.807, 2.05) is 18.2 Å². The van der Waals surface area contributed by atoms with E-state index in [2.05, 4.69) is 4.72 Å². The number of sulfonamides is 1. The zero-order valence-corrected chi connectivity index (χ0v) is 16.1. The molecule has 1 atom stereocenters. The minimum atomic E-state index is -3.95. The number of amides is 2. The number of nitrogens with one attached hydrogen (secondary N) is 1. The van der Waals surface area contributed by atoms with Crippen molar-refractivity contribution in [3.8, 4) is 0 Å². The zero-order chi connectivity index (χ0) is 20.4. The normalized spacial score (nSPS) is 15.5. The van der Waals surface area contributed by atoms with Gasteiger partial charge in [0, 0.05) is 5.39 Å². The molecule has 148 valence electrons. The topological polar surface area (TPSA) is 92.8 Å². The fourth-order valence-electron chi connectivity index (χ4n) is 3.32. The maximum atomic E-state index is 13.2. The van der Waals surface area contributed by atoms with Crippen molar-refractivity contribution in [3.63, 3.8) is 0 Å². The van der Waals surface area contributed by atoms with Gasteiger partial charge in [0.05, 0.1) is 17.5 Å². The highest BCUT2D eigenvalue weighted by Gasteiger charge is 2.35. The Bertz CT molecular complexity index is 1160. The average molecular weight is 410 g/mol. The highest BCUT2D eigenvalue weighted by molar-refractivity contribution is 7.89. The van der Waals surface area contributed by atoms with E-state index in [-0.39, 0.29) is 18.0 Å². The number of hydrogen-bond donors (Lipinski definition) is 1. The van der Waals surface area contributed by atoms with Crippen molar-refractivity contribution in [3.05, 3.63) is 78.4 Å². The first kappa shape index (κ1) is 19.1. The first-order valence-corrected chi connectivity index (χ1v) is 10.5. The minimum Gasteiger partial charge on any atom is -0.439 e. The summed E-state index contributed by atoms with van der Waals surface area (Å²) in [5, 5.41) is 1.39. The predicted molar refractivity (Wildman–Crippen MR) is 107 cm³/mol. The number of nitrogens with zero attached hydrogens (tertiary/aromatic N) is 1. The molecule has 1 aliphatic rings. The molecule has 8 heteroatoms.